The number of carbonyl (C=O) groups excluding carboxylic acids is 1. The zero-order valence-corrected chi connectivity index (χ0v) is 10.9. The first kappa shape index (κ1) is 13.6. The summed E-state index contributed by atoms with van der Waals surface area (Å²) in [4.78, 5) is 11.8. The molecule has 1 aromatic carbocycles. The Morgan fingerprint density at radius 1 is 1.29 bits per heavy atom. The second kappa shape index (κ2) is 6.28. The summed E-state index contributed by atoms with van der Waals surface area (Å²) in [6.45, 7) is 8.26. The normalized spacial score (nSPS) is 10.4. The van der Waals surface area contributed by atoms with Crippen LogP contribution in [0.15, 0.2) is 18.2 Å². The highest BCUT2D eigenvalue weighted by Crippen LogP contribution is 2.20. The first-order valence-electron chi connectivity index (χ1n) is 6.05. The summed E-state index contributed by atoms with van der Waals surface area (Å²) < 4.78 is 10.6. The molecule has 0 radical (unpaired) electrons. The summed E-state index contributed by atoms with van der Waals surface area (Å²) in [5.41, 5.74) is 1.59. The maximum atomic E-state index is 11.8. The molecule has 0 saturated heterocycles. The Morgan fingerprint density at radius 2 is 2.00 bits per heavy atom. The average molecular weight is 236 g/mol. The quantitative estimate of drug-likeness (QED) is 0.736. The van der Waals surface area contributed by atoms with Gasteiger partial charge in [0.15, 0.2) is 0 Å². The second-order valence-electron chi connectivity index (χ2n) is 4.06. The van der Waals surface area contributed by atoms with Crippen molar-refractivity contribution in [2.45, 2.75) is 40.2 Å². The molecule has 94 valence electrons. The van der Waals surface area contributed by atoms with Crippen LogP contribution in [0.5, 0.6) is 5.75 Å². The number of rotatable bonds is 5. The Balaban J connectivity index is 2.95. The Kier molecular flexibility index (Phi) is 5.01. The molecule has 0 saturated carbocycles. The lowest BCUT2D eigenvalue weighted by atomic mass is 10.0. The van der Waals surface area contributed by atoms with Gasteiger partial charge in [-0.1, -0.05) is 6.92 Å². The summed E-state index contributed by atoms with van der Waals surface area (Å²) in [6.07, 6.45) is 0.683. The van der Waals surface area contributed by atoms with Crippen LogP contribution in [0.3, 0.4) is 0 Å². The largest absolute Gasteiger partial charge is 0.494 e. The van der Waals surface area contributed by atoms with E-state index in [1.54, 1.807) is 12.1 Å². The van der Waals surface area contributed by atoms with Gasteiger partial charge in [0.1, 0.15) is 5.75 Å². The summed E-state index contributed by atoms with van der Waals surface area (Å²) in [5, 5.41) is 0. The molecule has 0 spiro atoms. The van der Waals surface area contributed by atoms with Gasteiger partial charge in [0.2, 0.25) is 0 Å². The smallest absolute Gasteiger partial charge is 0.338 e. The van der Waals surface area contributed by atoms with Crippen LogP contribution in [-0.2, 0) is 11.2 Å². The molecule has 0 bridgehead atoms. The number of esters is 1. The van der Waals surface area contributed by atoms with Gasteiger partial charge in [-0.25, -0.2) is 4.79 Å². The standard InChI is InChI=1S/C14H20O3/c1-5-11-9-12(16-6-2)7-8-13(11)14(15)17-10(3)4/h7-10H,5-6H2,1-4H3. The van der Waals surface area contributed by atoms with Crippen molar-refractivity contribution in [2.75, 3.05) is 6.61 Å². The van der Waals surface area contributed by atoms with Crippen molar-refractivity contribution in [1.29, 1.82) is 0 Å². The lowest BCUT2D eigenvalue weighted by molar-refractivity contribution is 0.0376. The first-order valence-corrected chi connectivity index (χ1v) is 6.05. The maximum absolute atomic E-state index is 11.8. The minimum atomic E-state index is -0.264. The number of ether oxygens (including phenoxy) is 2. The van der Waals surface area contributed by atoms with E-state index >= 15 is 0 Å². The third-order valence-electron chi connectivity index (χ3n) is 2.33. The first-order chi connectivity index (χ1) is 8.08. The van der Waals surface area contributed by atoms with Gasteiger partial charge < -0.3 is 9.47 Å². The van der Waals surface area contributed by atoms with Crippen LogP contribution in [0.4, 0.5) is 0 Å². The average Bonchev–Trinajstić information content (AvgIpc) is 2.28. The van der Waals surface area contributed by atoms with Gasteiger partial charge in [-0.05, 0) is 51.0 Å². The molecular weight excluding hydrogens is 216 g/mol. The third-order valence-corrected chi connectivity index (χ3v) is 2.33. The maximum Gasteiger partial charge on any atom is 0.338 e. The molecule has 0 amide bonds. The fourth-order valence-electron chi connectivity index (χ4n) is 1.60. The van der Waals surface area contributed by atoms with Crippen molar-refractivity contribution in [2.24, 2.45) is 0 Å². The highest BCUT2D eigenvalue weighted by Gasteiger charge is 2.14. The van der Waals surface area contributed by atoms with Gasteiger partial charge in [0, 0.05) is 0 Å². The minimum Gasteiger partial charge on any atom is -0.494 e. The Bertz CT molecular complexity index is 383. The number of carbonyl (C=O) groups is 1. The van der Waals surface area contributed by atoms with Gasteiger partial charge in [-0.15, -0.1) is 0 Å². The highest BCUT2D eigenvalue weighted by molar-refractivity contribution is 5.91. The van der Waals surface area contributed by atoms with Gasteiger partial charge in [-0.2, -0.15) is 0 Å². The molecule has 0 aliphatic carbocycles. The van der Waals surface area contributed by atoms with Crippen molar-refractivity contribution < 1.29 is 14.3 Å². The van der Waals surface area contributed by atoms with E-state index in [9.17, 15) is 4.79 Å². The van der Waals surface area contributed by atoms with Crippen molar-refractivity contribution in [3.8, 4) is 5.75 Å². The lowest BCUT2D eigenvalue weighted by Gasteiger charge is -2.12. The van der Waals surface area contributed by atoms with Crippen molar-refractivity contribution in [3.63, 3.8) is 0 Å². The molecular formula is C14H20O3. The lowest BCUT2D eigenvalue weighted by Crippen LogP contribution is -2.13. The zero-order chi connectivity index (χ0) is 12.8. The van der Waals surface area contributed by atoms with Crippen LogP contribution in [0.2, 0.25) is 0 Å². The highest BCUT2D eigenvalue weighted by atomic mass is 16.5. The summed E-state index contributed by atoms with van der Waals surface area (Å²) in [6, 6.07) is 5.48. The molecule has 1 aromatic rings. The number of hydrogen-bond acceptors (Lipinski definition) is 3. The van der Waals surface area contributed by atoms with Gasteiger partial charge in [0.05, 0.1) is 18.3 Å². The summed E-state index contributed by atoms with van der Waals surface area (Å²) >= 11 is 0. The molecule has 3 nitrogen and oxygen atoms in total. The van der Waals surface area contributed by atoms with Gasteiger partial charge in [0.25, 0.3) is 0 Å². The van der Waals surface area contributed by atoms with Gasteiger partial charge in [-0.3, -0.25) is 0 Å². The van der Waals surface area contributed by atoms with Crippen LogP contribution in [0.1, 0.15) is 43.6 Å². The molecule has 0 unspecified atom stereocenters. The van der Waals surface area contributed by atoms with Crippen molar-refractivity contribution in [3.05, 3.63) is 29.3 Å². The second-order valence-corrected chi connectivity index (χ2v) is 4.06. The molecule has 17 heavy (non-hydrogen) atoms. The molecule has 0 N–H and O–H groups in total. The van der Waals surface area contributed by atoms with Crippen LogP contribution in [-0.4, -0.2) is 18.7 Å². The Labute approximate surface area is 103 Å². The van der Waals surface area contributed by atoms with E-state index in [0.29, 0.717) is 12.2 Å². The van der Waals surface area contributed by atoms with Gasteiger partial charge >= 0.3 is 5.97 Å². The van der Waals surface area contributed by atoms with E-state index in [2.05, 4.69) is 0 Å². The van der Waals surface area contributed by atoms with Crippen molar-refractivity contribution in [1.82, 2.24) is 0 Å². The molecule has 0 atom stereocenters. The molecule has 1 rings (SSSR count). The van der Waals surface area contributed by atoms with E-state index in [-0.39, 0.29) is 12.1 Å². The predicted molar refractivity (Wildman–Crippen MR) is 67.5 cm³/mol. The van der Waals surface area contributed by atoms with Crippen LogP contribution >= 0.6 is 0 Å². The van der Waals surface area contributed by atoms with Crippen LogP contribution in [0, 0.1) is 0 Å². The number of aryl methyl sites for hydroxylation is 1. The summed E-state index contributed by atoms with van der Waals surface area (Å²) in [5.74, 6) is 0.533. The molecule has 0 aliphatic rings. The van der Waals surface area contributed by atoms with E-state index in [1.165, 1.54) is 0 Å². The van der Waals surface area contributed by atoms with E-state index in [1.807, 2.05) is 33.8 Å². The molecule has 3 heteroatoms. The van der Waals surface area contributed by atoms with Crippen molar-refractivity contribution >= 4 is 5.97 Å². The fourth-order valence-corrected chi connectivity index (χ4v) is 1.60. The topological polar surface area (TPSA) is 35.5 Å². The molecule has 0 fully saturated rings. The predicted octanol–water partition coefficient (Wildman–Crippen LogP) is 3.21. The fraction of sp³-hybridized carbons (Fsp3) is 0.500. The van der Waals surface area contributed by atoms with E-state index in [0.717, 1.165) is 17.7 Å². The number of benzene rings is 1. The SMILES string of the molecule is CCOc1ccc(C(=O)OC(C)C)c(CC)c1. The Morgan fingerprint density at radius 3 is 2.53 bits per heavy atom. The van der Waals surface area contributed by atoms with E-state index in [4.69, 9.17) is 9.47 Å². The molecule has 0 heterocycles. The monoisotopic (exact) mass is 236 g/mol. The third kappa shape index (κ3) is 3.77. The zero-order valence-electron chi connectivity index (χ0n) is 10.9. The Hall–Kier alpha value is -1.51. The molecule has 0 aromatic heterocycles. The van der Waals surface area contributed by atoms with Crippen LogP contribution in [0.25, 0.3) is 0 Å². The van der Waals surface area contributed by atoms with Crippen LogP contribution < -0.4 is 4.74 Å². The number of hydrogen-bond donors (Lipinski definition) is 0. The molecule has 0 aliphatic heterocycles. The van der Waals surface area contributed by atoms with E-state index < -0.39 is 0 Å². The summed E-state index contributed by atoms with van der Waals surface area (Å²) in [7, 11) is 0. The minimum absolute atomic E-state index is 0.0984.